The van der Waals surface area contributed by atoms with Crippen LogP contribution < -0.4 is 9.47 Å². The minimum absolute atomic E-state index is 0.0333. The van der Waals surface area contributed by atoms with Gasteiger partial charge in [0.05, 0.1) is 14.2 Å². The summed E-state index contributed by atoms with van der Waals surface area (Å²) in [6.07, 6.45) is 4.68. The van der Waals surface area contributed by atoms with Gasteiger partial charge in [-0.05, 0) is 25.0 Å². The van der Waals surface area contributed by atoms with Gasteiger partial charge in [0.25, 0.3) is 0 Å². The second-order valence-electron chi connectivity index (χ2n) is 5.13. The summed E-state index contributed by atoms with van der Waals surface area (Å²) in [5.41, 5.74) is -0.249. The highest BCUT2D eigenvalue weighted by molar-refractivity contribution is 6.07. The lowest BCUT2D eigenvalue weighted by atomic mass is 9.79. The van der Waals surface area contributed by atoms with E-state index in [1.54, 1.807) is 33.5 Å². The highest BCUT2D eigenvalue weighted by Crippen LogP contribution is 2.39. The van der Waals surface area contributed by atoms with Crippen LogP contribution in [-0.2, 0) is 4.74 Å². The van der Waals surface area contributed by atoms with E-state index in [1.807, 2.05) is 6.07 Å². The topological polar surface area (TPSA) is 44.8 Å². The Kier molecular flexibility index (Phi) is 4.65. The molecule has 0 radical (unpaired) electrons. The Labute approximate surface area is 120 Å². The normalized spacial score (nSPS) is 17.6. The first-order valence-electron chi connectivity index (χ1n) is 6.99. The van der Waals surface area contributed by atoms with Crippen LogP contribution in [0, 0.1) is 0 Å². The molecule has 4 nitrogen and oxygen atoms in total. The largest absolute Gasteiger partial charge is 0.496 e. The van der Waals surface area contributed by atoms with Gasteiger partial charge in [-0.3, -0.25) is 4.79 Å². The highest BCUT2D eigenvalue weighted by Gasteiger charge is 2.42. The Hall–Kier alpha value is -1.55. The molecule has 1 fully saturated rings. The molecule has 0 amide bonds. The number of hydrogen-bond donors (Lipinski definition) is 0. The molecule has 0 atom stereocenters. The molecule has 1 saturated carbocycles. The summed E-state index contributed by atoms with van der Waals surface area (Å²) in [4.78, 5) is 13.0. The van der Waals surface area contributed by atoms with Crippen molar-refractivity contribution in [1.29, 1.82) is 0 Å². The van der Waals surface area contributed by atoms with Crippen LogP contribution in [0.25, 0.3) is 0 Å². The van der Waals surface area contributed by atoms with E-state index < -0.39 is 5.60 Å². The summed E-state index contributed by atoms with van der Waals surface area (Å²) in [7, 11) is 4.74. The molecule has 0 saturated heterocycles. The molecule has 0 bridgehead atoms. The minimum atomic E-state index is -0.736. The standard InChI is InChI=1S/C16H22O4/c1-18-12-8-7-9-13(19-2)14(12)15(17)16(20-3)10-5-4-6-11-16/h7-9H,4-6,10-11H2,1-3H3. The fraction of sp³-hybridized carbons (Fsp3) is 0.562. The van der Waals surface area contributed by atoms with Crippen molar-refractivity contribution in [2.75, 3.05) is 21.3 Å². The lowest BCUT2D eigenvalue weighted by Crippen LogP contribution is -2.42. The number of rotatable bonds is 5. The quantitative estimate of drug-likeness (QED) is 0.776. The minimum Gasteiger partial charge on any atom is -0.496 e. The Balaban J connectivity index is 2.46. The average Bonchev–Trinajstić information content (AvgIpc) is 2.53. The van der Waals surface area contributed by atoms with E-state index in [0.29, 0.717) is 17.1 Å². The molecule has 0 heterocycles. The highest BCUT2D eigenvalue weighted by atomic mass is 16.5. The third-order valence-electron chi connectivity index (χ3n) is 4.12. The number of carbonyl (C=O) groups is 1. The van der Waals surface area contributed by atoms with Crippen molar-refractivity contribution < 1.29 is 19.0 Å². The number of ketones is 1. The first-order chi connectivity index (χ1) is 9.68. The Morgan fingerprint density at radius 3 is 2.00 bits per heavy atom. The maximum atomic E-state index is 13.0. The predicted molar refractivity (Wildman–Crippen MR) is 76.7 cm³/mol. The molecule has 0 N–H and O–H groups in total. The van der Waals surface area contributed by atoms with Gasteiger partial charge in [-0.25, -0.2) is 0 Å². The van der Waals surface area contributed by atoms with Gasteiger partial charge in [0.2, 0.25) is 5.78 Å². The van der Waals surface area contributed by atoms with Gasteiger partial charge in [-0.15, -0.1) is 0 Å². The smallest absolute Gasteiger partial charge is 0.202 e. The second-order valence-corrected chi connectivity index (χ2v) is 5.13. The van der Waals surface area contributed by atoms with Crippen LogP contribution in [0.4, 0.5) is 0 Å². The van der Waals surface area contributed by atoms with E-state index in [-0.39, 0.29) is 5.78 Å². The molecule has 0 aromatic heterocycles. The molecular weight excluding hydrogens is 256 g/mol. The summed E-state index contributed by atoms with van der Waals surface area (Å²) in [5.74, 6) is 1.04. The number of hydrogen-bond acceptors (Lipinski definition) is 4. The van der Waals surface area contributed by atoms with Crippen LogP contribution in [0.2, 0.25) is 0 Å². The van der Waals surface area contributed by atoms with E-state index in [4.69, 9.17) is 14.2 Å². The third-order valence-corrected chi connectivity index (χ3v) is 4.12. The van der Waals surface area contributed by atoms with E-state index in [9.17, 15) is 4.79 Å². The Morgan fingerprint density at radius 1 is 1.00 bits per heavy atom. The zero-order valence-electron chi connectivity index (χ0n) is 12.4. The van der Waals surface area contributed by atoms with Crippen molar-refractivity contribution in [3.8, 4) is 11.5 Å². The molecular formula is C16H22O4. The summed E-state index contributed by atoms with van der Waals surface area (Å²) >= 11 is 0. The first-order valence-corrected chi connectivity index (χ1v) is 6.99. The number of carbonyl (C=O) groups excluding carboxylic acids is 1. The second kappa shape index (κ2) is 6.27. The predicted octanol–water partition coefficient (Wildman–Crippen LogP) is 3.24. The molecule has 1 aromatic carbocycles. The van der Waals surface area contributed by atoms with E-state index >= 15 is 0 Å². The van der Waals surface area contributed by atoms with Gasteiger partial charge < -0.3 is 14.2 Å². The van der Waals surface area contributed by atoms with E-state index in [2.05, 4.69) is 0 Å². The van der Waals surface area contributed by atoms with Crippen LogP contribution >= 0.6 is 0 Å². The van der Waals surface area contributed by atoms with Crippen molar-refractivity contribution in [1.82, 2.24) is 0 Å². The van der Waals surface area contributed by atoms with Gasteiger partial charge in [-0.2, -0.15) is 0 Å². The molecule has 4 heteroatoms. The van der Waals surface area contributed by atoms with Crippen LogP contribution in [0.1, 0.15) is 42.5 Å². The SMILES string of the molecule is COc1cccc(OC)c1C(=O)C1(OC)CCCCC1. The third kappa shape index (κ3) is 2.52. The number of ether oxygens (including phenoxy) is 3. The molecule has 1 aromatic rings. The summed E-state index contributed by atoms with van der Waals surface area (Å²) < 4.78 is 16.3. The number of methoxy groups -OCH3 is 3. The zero-order chi connectivity index (χ0) is 14.6. The van der Waals surface area contributed by atoms with Crippen molar-refractivity contribution in [3.05, 3.63) is 23.8 Å². The first kappa shape index (κ1) is 14.9. The van der Waals surface area contributed by atoms with Gasteiger partial charge in [-0.1, -0.05) is 25.3 Å². The van der Waals surface area contributed by atoms with Crippen molar-refractivity contribution in [2.24, 2.45) is 0 Å². The maximum absolute atomic E-state index is 13.0. The lowest BCUT2D eigenvalue weighted by molar-refractivity contribution is -0.0197. The van der Waals surface area contributed by atoms with Gasteiger partial charge in [0.15, 0.2) is 0 Å². The van der Waals surface area contributed by atoms with Gasteiger partial charge in [0.1, 0.15) is 22.7 Å². The van der Waals surface area contributed by atoms with Crippen LogP contribution in [0.5, 0.6) is 11.5 Å². The monoisotopic (exact) mass is 278 g/mol. The Bertz CT molecular complexity index is 453. The molecule has 0 unspecified atom stereocenters. The maximum Gasteiger partial charge on any atom is 0.202 e. The number of Topliss-reactive ketones (excluding diaryl/α,β-unsaturated/α-hetero) is 1. The van der Waals surface area contributed by atoms with Crippen molar-refractivity contribution >= 4 is 5.78 Å². The zero-order valence-corrected chi connectivity index (χ0v) is 12.4. The Morgan fingerprint density at radius 2 is 1.55 bits per heavy atom. The molecule has 0 aliphatic heterocycles. The molecule has 110 valence electrons. The summed E-state index contributed by atoms with van der Waals surface area (Å²) in [6, 6.07) is 5.37. The molecule has 2 rings (SSSR count). The van der Waals surface area contributed by atoms with Gasteiger partial charge >= 0.3 is 0 Å². The molecule has 1 aliphatic rings. The van der Waals surface area contributed by atoms with Crippen LogP contribution in [0.15, 0.2) is 18.2 Å². The summed E-state index contributed by atoms with van der Waals surface area (Å²) in [5, 5.41) is 0. The lowest BCUT2D eigenvalue weighted by Gasteiger charge is -2.35. The fourth-order valence-corrected chi connectivity index (χ4v) is 2.95. The average molecular weight is 278 g/mol. The summed E-state index contributed by atoms with van der Waals surface area (Å²) in [6.45, 7) is 0. The van der Waals surface area contributed by atoms with Crippen molar-refractivity contribution in [3.63, 3.8) is 0 Å². The molecule has 0 spiro atoms. The van der Waals surface area contributed by atoms with Gasteiger partial charge in [0, 0.05) is 7.11 Å². The van der Waals surface area contributed by atoms with E-state index in [1.165, 1.54) is 0 Å². The fourth-order valence-electron chi connectivity index (χ4n) is 2.95. The number of benzene rings is 1. The van der Waals surface area contributed by atoms with Crippen molar-refractivity contribution in [2.45, 2.75) is 37.7 Å². The molecule has 20 heavy (non-hydrogen) atoms. The molecule has 1 aliphatic carbocycles. The van der Waals surface area contributed by atoms with E-state index in [0.717, 1.165) is 32.1 Å². The van der Waals surface area contributed by atoms with Crippen LogP contribution in [-0.4, -0.2) is 32.7 Å². The van der Waals surface area contributed by atoms with Crippen LogP contribution in [0.3, 0.4) is 0 Å².